The zero-order valence-electron chi connectivity index (χ0n) is 11.5. The molecule has 0 saturated carbocycles. The Hall–Kier alpha value is -2.83. The molecule has 0 atom stereocenters. The molecule has 0 radical (unpaired) electrons. The van der Waals surface area contributed by atoms with Crippen LogP contribution in [0.3, 0.4) is 0 Å². The number of anilines is 1. The van der Waals surface area contributed by atoms with Crippen molar-refractivity contribution in [2.75, 3.05) is 11.9 Å². The molecule has 0 saturated heterocycles. The largest absolute Gasteiger partial charge is 0.478 e. The molecular formula is C14H16N4O3. The third-order valence-corrected chi connectivity index (χ3v) is 2.83. The molecule has 0 unspecified atom stereocenters. The maximum Gasteiger partial charge on any atom is 0.335 e. The number of carboxylic acid groups (broad SMARTS) is 1. The Morgan fingerprint density at radius 3 is 2.52 bits per heavy atom. The quantitative estimate of drug-likeness (QED) is 0.776. The van der Waals surface area contributed by atoms with Crippen LogP contribution >= 0.6 is 0 Å². The number of urea groups is 1. The van der Waals surface area contributed by atoms with Gasteiger partial charge in [0, 0.05) is 31.9 Å². The molecule has 0 fully saturated rings. The number of aryl methyl sites for hydroxylation is 1. The van der Waals surface area contributed by atoms with E-state index in [1.165, 1.54) is 12.1 Å². The minimum absolute atomic E-state index is 0.177. The van der Waals surface area contributed by atoms with Crippen molar-refractivity contribution < 1.29 is 14.7 Å². The Labute approximate surface area is 121 Å². The SMILES string of the molecule is Cn1ccc(CCNC(=O)Nc2ccc(C(=O)O)cc2)n1. The number of carboxylic acids is 1. The van der Waals surface area contributed by atoms with Gasteiger partial charge in [-0.3, -0.25) is 4.68 Å². The molecule has 110 valence electrons. The van der Waals surface area contributed by atoms with Gasteiger partial charge in [0.1, 0.15) is 0 Å². The van der Waals surface area contributed by atoms with Gasteiger partial charge in [0.25, 0.3) is 0 Å². The van der Waals surface area contributed by atoms with E-state index >= 15 is 0 Å². The lowest BCUT2D eigenvalue weighted by Crippen LogP contribution is -2.30. The van der Waals surface area contributed by atoms with E-state index in [0.717, 1.165) is 5.69 Å². The van der Waals surface area contributed by atoms with Gasteiger partial charge in [-0.15, -0.1) is 0 Å². The van der Waals surface area contributed by atoms with Gasteiger partial charge < -0.3 is 15.7 Å². The minimum Gasteiger partial charge on any atom is -0.478 e. The van der Waals surface area contributed by atoms with Crippen LogP contribution in [0.4, 0.5) is 10.5 Å². The molecule has 2 aromatic rings. The first kappa shape index (κ1) is 14.6. The number of hydrogen-bond donors (Lipinski definition) is 3. The van der Waals surface area contributed by atoms with Crippen LogP contribution in [-0.4, -0.2) is 33.4 Å². The van der Waals surface area contributed by atoms with Gasteiger partial charge in [0.15, 0.2) is 0 Å². The van der Waals surface area contributed by atoms with Gasteiger partial charge in [0.05, 0.1) is 11.3 Å². The van der Waals surface area contributed by atoms with E-state index in [1.54, 1.807) is 16.8 Å². The standard InChI is InChI=1S/C14H16N4O3/c1-18-9-7-12(17-18)6-8-15-14(21)16-11-4-2-10(3-5-11)13(19)20/h2-5,7,9H,6,8H2,1H3,(H,19,20)(H2,15,16,21). The molecule has 0 aliphatic rings. The molecule has 1 heterocycles. The van der Waals surface area contributed by atoms with Crippen LogP contribution in [0.5, 0.6) is 0 Å². The number of carbonyl (C=O) groups is 2. The predicted molar refractivity (Wildman–Crippen MR) is 77.3 cm³/mol. The van der Waals surface area contributed by atoms with Crippen LogP contribution in [-0.2, 0) is 13.5 Å². The Morgan fingerprint density at radius 1 is 1.24 bits per heavy atom. The summed E-state index contributed by atoms with van der Waals surface area (Å²) in [6.07, 6.45) is 2.49. The molecular weight excluding hydrogens is 272 g/mol. The maximum atomic E-state index is 11.7. The zero-order valence-corrected chi connectivity index (χ0v) is 11.5. The van der Waals surface area contributed by atoms with Crippen LogP contribution in [0, 0.1) is 0 Å². The average Bonchev–Trinajstić information content (AvgIpc) is 2.85. The molecule has 1 aromatic heterocycles. The van der Waals surface area contributed by atoms with E-state index in [1.807, 2.05) is 19.3 Å². The van der Waals surface area contributed by atoms with Crippen LogP contribution in [0.1, 0.15) is 16.1 Å². The number of carbonyl (C=O) groups excluding carboxylic acids is 1. The number of amides is 2. The smallest absolute Gasteiger partial charge is 0.335 e. The van der Waals surface area contributed by atoms with Crippen LogP contribution in [0.2, 0.25) is 0 Å². The molecule has 3 N–H and O–H groups in total. The third-order valence-electron chi connectivity index (χ3n) is 2.83. The van der Waals surface area contributed by atoms with Gasteiger partial charge in [0.2, 0.25) is 0 Å². The lowest BCUT2D eigenvalue weighted by atomic mass is 10.2. The summed E-state index contributed by atoms with van der Waals surface area (Å²) in [4.78, 5) is 22.4. The number of aromatic nitrogens is 2. The highest BCUT2D eigenvalue weighted by molar-refractivity contribution is 5.91. The summed E-state index contributed by atoms with van der Waals surface area (Å²) in [5, 5.41) is 18.3. The molecule has 0 aliphatic heterocycles. The number of benzene rings is 1. The van der Waals surface area contributed by atoms with Gasteiger partial charge in [-0.2, -0.15) is 5.10 Å². The van der Waals surface area contributed by atoms with Crippen LogP contribution < -0.4 is 10.6 Å². The molecule has 0 spiro atoms. The van der Waals surface area contributed by atoms with Crippen molar-refractivity contribution >= 4 is 17.7 Å². The lowest BCUT2D eigenvalue weighted by molar-refractivity contribution is 0.0697. The van der Waals surface area contributed by atoms with Gasteiger partial charge in [-0.1, -0.05) is 0 Å². The fourth-order valence-electron chi connectivity index (χ4n) is 1.77. The molecule has 7 heteroatoms. The molecule has 21 heavy (non-hydrogen) atoms. The number of aromatic carboxylic acids is 1. The first-order chi connectivity index (χ1) is 10.0. The average molecular weight is 288 g/mol. The Balaban J connectivity index is 1.77. The highest BCUT2D eigenvalue weighted by Crippen LogP contribution is 2.09. The van der Waals surface area contributed by atoms with E-state index in [4.69, 9.17) is 5.11 Å². The second-order valence-electron chi connectivity index (χ2n) is 4.49. The van der Waals surface area contributed by atoms with Crippen molar-refractivity contribution in [3.8, 4) is 0 Å². The molecule has 2 rings (SSSR count). The molecule has 2 amide bonds. The van der Waals surface area contributed by atoms with Gasteiger partial charge in [-0.05, 0) is 30.3 Å². The first-order valence-corrected chi connectivity index (χ1v) is 6.41. The normalized spacial score (nSPS) is 10.1. The third kappa shape index (κ3) is 4.34. The van der Waals surface area contributed by atoms with E-state index in [2.05, 4.69) is 15.7 Å². The summed E-state index contributed by atoms with van der Waals surface area (Å²) in [6, 6.07) is 7.51. The van der Waals surface area contributed by atoms with E-state index in [9.17, 15) is 9.59 Å². The highest BCUT2D eigenvalue weighted by atomic mass is 16.4. The summed E-state index contributed by atoms with van der Waals surface area (Å²) < 4.78 is 1.71. The topological polar surface area (TPSA) is 96.2 Å². The molecule has 0 aliphatic carbocycles. The Kier molecular flexibility index (Phi) is 4.55. The van der Waals surface area contributed by atoms with Crippen molar-refractivity contribution in [3.05, 3.63) is 47.8 Å². The maximum absolute atomic E-state index is 11.7. The Morgan fingerprint density at radius 2 is 1.95 bits per heavy atom. The van der Waals surface area contributed by atoms with Gasteiger partial charge in [-0.25, -0.2) is 9.59 Å². The van der Waals surface area contributed by atoms with Crippen molar-refractivity contribution in [1.82, 2.24) is 15.1 Å². The summed E-state index contributed by atoms with van der Waals surface area (Å²) in [7, 11) is 1.84. The van der Waals surface area contributed by atoms with E-state index in [0.29, 0.717) is 18.7 Å². The summed E-state index contributed by atoms with van der Waals surface area (Å²) in [5.74, 6) is -0.999. The fraction of sp³-hybridized carbons (Fsp3) is 0.214. The van der Waals surface area contributed by atoms with Crippen LogP contribution in [0.25, 0.3) is 0 Å². The number of nitrogens with zero attached hydrogens (tertiary/aromatic N) is 2. The van der Waals surface area contributed by atoms with E-state index in [-0.39, 0.29) is 11.6 Å². The molecule has 0 bridgehead atoms. The van der Waals surface area contributed by atoms with Crippen molar-refractivity contribution in [3.63, 3.8) is 0 Å². The second kappa shape index (κ2) is 6.56. The van der Waals surface area contributed by atoms with Crippen molar-refractivity contribution in [1.29, 1.82) is 0 Å². The van der Waals surface area contributed by atoms with Crippen LogP contribution in [0.15, 0.2) is 36.5 Å². The zero-order chi connectivity index (χ0) is 15.2. The summed E-state index contributed by atoms with van der Waals surface area (Å²) in [5.41, 5.74) is 1.62. The second-order valence-corrected chi connectivity index (χ2v) is 4.49. The Bertz CT molecular complexity index is 634. The minimum atomic E-state index is -0.999. The van der Waals surface area contributed by atoms with E-state index < -0.39 is 5.97 Å². The summed E-state index contributed by atoms with van der Waals surface area (Å²) in [6.45, 7) is 0.468. The fourth-order valence-corrected chi connectivity index (χ4v) is 1.77. The first-order valence-electron chi connectivity index (χ1n) is 6.41. The summed E-state index contributed by atoms with van der Waals surface area (Å²) >= 11 is 0. The van der Waals surface area contributed by atoms with Gasteiger partial charge >= 0.3 is 12.0 Å². The molecule has 7 nitrogen and oxygen atoms in total. The number of nitrogens with one attached hydrogen (secondary N) is 2. The molecule has 1 aromatic carbocycles. The van der Waals surface area contributed by atoms with Crippen molar-refractivity contribution in [2.24, 2.45) is 7.05 Å². The highest BCUT2D eigenvalue weighted by Gasteiger charge is 2.05. The monoisotopic (exact) mass is 288 g/mol. The number of rotatable bonds is 5. The number of hydrogen-bond acceptors (Lipinski definition) is 3. The lowest BCUT2D eigenvalue weighted by Gasteiger charge is -2.07. The predicted octanol–water partition coefficient (Wildman–Crippen LogP) is 1.48. The van der Waals surface area contributed by atoms with Crippen molar-refractivity contribution in [2.45, 2.75) is 6.42 Å².